The summed E-state index contributed by atoms with van der Waals surface area (Å²) in [5.74, 6) is -0.0758. The van der Waals surface area contributed by atoms with Crippen molar-refractivity contribution in [2.24, 2.45) is 5.10 Å². The second-order valence-corrected chi connectivity index (χ2v) is 8.26. The molecule has 1 aliphatic rings. The molecule has 0 unspecified atom stereocenters. The van der Waals surface area contributed by atoms with Crippen LogP contribution in [0.4, 0.5) is 0 Å². The van der Waals surface area contributed by atoms with E-state index in [1.807, 2.05) is 59.4 Å². The summed E-state index contributed by atoms with van der Waals surface area (Å²) in [5, 5.41) is 11.3. The molecule has 5 nitrogen and oxygen atoms in total. The second kappa shape index (κ2) is 8.87. The molecule has 2 heterocycles. The predicted molar refractivity (Wildman–Crippen MR) is 131 cm³/mol. The molecule has 33 heavy (non-hydrogen) atoms. The van der Waals surface area contributed by atoms with E-state index in [-0.39, 0.29) is 11.9 Å². The average molecular weight is 435 g/mol. The van der Waals surface area contributed by atoms with Crippen LogP contribution in [0.25, 0.3) is 16.9 Å². The van der Waals surface area contributed by atoms with Crippen molar-refractivity contribution in [3.8, 4) is 16.9 Å². The van der Waals surface area contributed by atoms with Gasteiger partial charge in [-0.05, 0) is 35.7 Å². The summed E-state index contributed by atoms with van der Waals surface area (Å²) in [6, 6.07) is 28.4. The minimum absolute atomic E-state index is 0.0758. The highest BCUT2D eigenvalue weighted by Crippen LogP contribution is 2.38. The predicted octanol–water partition coefficient (Wildman–Crippen LogP) is 5.80. The number of aryl methyl sites for hydroxylation is 1. The topological polar surface area (TPSA) is 50.5 Å². The van der Waals surface area contributed by atoms with E-state index in [2.05, 4.69) is 43.3 Å². The van der Waals surface area contributed by atoms with Gasteiger partial charge in [-0.1, -0.05) is 73.7 Å². The van der Waals surface area contributed by atoms with Gasteiger partial charge in [-0.2, -0.15) is 10.2 Å². The maximum absolute atomic E-state index is 12.6. The van der Waals surface area contributed by atoms with Crippen molar-refractivity contribution in [3.63, 3.8) is 0 Å². The quantitative estimate of drug-likeness (QED) is 0.399. The first-order valence-electron chi connectivity index (χ1n) is 11.3. The van der Waals surface area contributed by atoms with Crippen molar-refractivity contribution >= 4 is 11.6 Å². The van der Waals surface area contributed by atoms with Crippen LogP contribution in [0.5, 0.6) is 0 Å². The molecule has 0 N–H and O–H groups in total. The Kier molecular flexibility index (Phi) is 5.61. The van der Waals surface area contributed by atoms with Crippen LogP contribution in [0, 0.1) is 0 Å². The Labute approximate surface area is 194 Å². The van der Waals surface area contributed by atoms with Crippen molar-refractivity contribution in [2.45, 2.75) is 32.7 Å². The Morgan fingerprint density at radius 2 is 1.64 bits per heavy atom. The third kappa shape index (κ3) is 4.10. The van der Waals surface area contributed by atoms with Crippen molar-refractivity contribution in [2.75, 3.05) is 0 Å². The number of hydrogen-bond acceptors (Lipinski definition) is 3. The number of benzene rings is 3. The Morgan fingerprint density at radius 1 is 0.939 bits per heavy atom. The zero-order chi connectivity index (χ0) is 22.8. The van der Waals surface area contributed by atoms with Gasteiger partial charge in [0, 0.05) is 30.7 Å². The van der Waals surface area contributed by atoms with Crippen LogP contribution in [-0.2, 0) is 11.2 Å². The first-order valence-corrected chi connectivity index (χ1v) is 11.3. The fraction of sp³-hybridized carbons (Fsp3) is 0.179. The monoisotopic (exact) mass is 434 g/mol. The lowest BCUT2D eigenvalue weighted by molar-refractivity contribution is -0.130. The Morgan fingerprint density at radius 3 is 2.33 bits per heavy atom. The summed E-state index contributed by atoms with van der Waals surface area (Å²) in [6.45, 7) is 3.72. The molecule has 1 aliphatic heterocycles. The smallest absolute Gasteiger partial charge is 0.240 e. The standard InChI is InChI=1S/C28H26N4O/c1-3-21-11-10-14-23(17-21)26-18-27(32(29-26)20(2)33)25-19-31(24-15-8-5-9-16-24)30-28(25)22-12-6-4-7-13-22/h4-17,19,27H,3,18H2,1-2H3/t27-/m1/s1. The zero-order valence-corrected chi connectivity index (χ0v) is 18.8. The molecule has 5 rings (SSSR count). The van der Waals surface area contributed by atoms with Gasteiger partial charge in [-0.25, -0.2) is 9.69 Å². The van der Waals surface area contributed by atoms with E-state index < -0.39 is 0 Å². The highest BCUT2D eigenvalue weighted by molar-refractivity contribution is 6.03. The first-order chi connectivity index (χ1) is 16.1. The average Bonchev–Trinajstić information content (AvgIpc) is 3.50. The number of carbonyl (C=O) groups is 1. The van der Waals surface area contributed by atoms with Crippen LogP contribution in [0.15, 0.2) is 96.2 Å². The summed E-state index contributed by atoms with van der Waals surface area (Å²) in [5.41, 5.74) is 7.11. The second-order valence-electron chi connectivity index (χ2n) is 8.26. The number of para-hydroxylation sites is 1. The lowest BCUT2D eigenvalue weighted by Crippen LogP contribution is -2.24. The number of rotatable bonds is 5. The van der Waals surface area contributed by atoms with E-state index in [9.17, 15) is 4.79 Å². The molecule has 0 spiro atoms. The van der Waals surface area contributed by atoms with Crippen molar-refractivity contribution in [3.05, 3.63) is 108 Å². The SMILES string of the molecule is CCc1cccc(C2=NN(C(C)=O)[C@@H](c3cn(-c4ccccc4)nc3-c3ccccc3)C2)c1. The van der Waals surface area contributed by atoms with Crippen molar-refractivity contribution in [1.29, 1.82) is 0 Å². The van der Waals surface area contributed by atoms with Crippen LogP contribution in [0.1, 0.15) is 43.0 Å². The Bertz CT molecular complexity index is 1310. The molecular weight excluding hydrogens is 408 g/mol. The van der Waals surface area contributed by atoms with Crippen LogP contribution in [0.3, 0.4) is 0 Å². The molecule has 1 atom stereocenters. The van der Waals surface area contributed by atoms with Gasteiger partial charge in [0.05, 0.1) is 23.1 Å². The number of aromatic nitrogens is 2. The maximum atomic E-state index is 12.6. The molecule has 1 aromatic heterocycles. The lowest BCUT2D eigenvalue weighted by atomic mass is 9.95. The number of amides is 1. The molecule has 0 saturated heterocycles. The number of carbonyl (C=O) groups excluding carboxylic acids is 1. The number of hydrogen-bond donors (Lipinski definition) is 0. The normalized spacial score (nSPS) is 15.5. The first kappa shape index (κ1) is 20.9. The van der Waals surface area contributed by atoms with E-state index in [1.165, 1.54) is 5.56 Å². The molecule has 0 aliphatic carbocycles. The highest BCUT2D eigenvalue weighted by Gasteiger charge is 2.34. The lowest BCUT2D eigenvalue weighted by Gasteiger charge is -2.20. The third-order valence-electron chi connectivity index (χ3n) is 6.07. The van der Waals surface area contributed by atoms with Gasteiger partial charge in [0.15, 0.2) is 0 Å². The zero-order valence-electron chi connectivity index (χ0n) is 18.8. The van der Waals surface area contributed by atoms with Gasteiger partial charge in [0.25, 0.3) is 0 Å². The van der Waals surface area contributed by atoms with Crippen molar-refractivity contribution in [1.82, 2.24) is 14.8 Å². The summed E-state index contributed by atoms with van der Waals surface area (Å²) in [4.78, 5) is 12.6. The van der Waals surface area contributed by atoms with Crippen LogP contribution in [0.2, 0.25) is 0 Å². The van der Waals surface area contributed by atoms with Gasteiger partial charge in [-0.3, -0.25) is 4.79 Å². The molecule has 4 aromatic rings. The van der Waals surface area contributed by atoms with E-state index in [4.69, 9.17) is 10.2 Å². The van der Waals surface area contributed by atoms with Gasteiger partial charge in [0.2, 0.25) is 5.91 Å². The molecule has 0 saturated carbocycles. The fourth-order valence-corrected chi connectivity index (χ4v) is 4.35. The molecular formula is C28H26N4O. The van der Waals surface area contributed by atoms with E-state index >= 15 is 0 Å². The molecule has 0 fully saturated rings. The van der Waals surface area contributed by atoms with Crippen LogP contribution < -0.4 is 0 Å². The number of nitrogens with zero attached hydrogens (tertiary/aromatic N) is 4. The van der Waals surface area contributed by atoms with Gasteiger partial charge in [0.1, 0.15) is 0 Å². The molecule has 1 amide bonds. The fourth-order valence-electron chi connectivity index (χ4n) is 4.35. The van der Waals surface area contributed by atoms with Crippen LogP contribution in [-0.4, -0.2) is 26.4 Å². The highest BCUT2D eigenvalue weighted by atomic mass is 16.2. The van der Waals surface area contributed by atoms with Gasteiger partial charge >= 0.3 is 0 Å². The summed E-state index contributed by atoms with van der Waals surface area (Å²) in [7, 11) is 0. The maximum Gasteiger partial charge on any atom is 0.240 e. The Hall–Kier alpha value is -3.99. The minimum Gasteiger partial charge on any atom is -0.273 e. The molecule has 0 bridgehead atoms. The van der Waals surface area contributed by atoms with E-state index in [0.29, 0.717) is 6.42 Å². The summed E-state index contributed by atoms with van der Waals surface area (Å²) in [6.07, 6.45) is 3.65. The van der Waals surface area contributed by atoms with Gasteiger partial charge in [-0.15, -0.1) is 0 Å². The molecule has 164 valence electrons. The molecule has 5 heteroatoms. The largest absolute Gasteiger partial charge is 0.273 e. The molecule has 0 radical (unpaired) electrons. The van der Waals surface area contributed by atoms with Gasteiger partial charge < -0.3 is 0 Å². The minimum atomic E-state index is -0.213. The number of hydrazone groups is 1. The Balaban J connectivity index is 1.60. The summed E-state index contributed by atoms with van der Waals surface area (Å²) < 4.78 is 1.89. The van der Waals surface area contributed by atoms with E-state index in [0.717, 1.165) is 40.2 Å². The van der Waals surface area contributed by atoms with E-state index in [1.54, 1.807) is 11.9 Å². The third-order valence-corrected chi connectivity index (χ3v) is 6.07. The van der Waals surface area contributed by atoms with Crippen LogP contribution >= 0.6 is 0 Å². The molecule has 3 aromatic carbocycles. The van der Waals surface area contributed by atoms with Crippen molar-refractivity contribution < 1.29 is 4.79 Å². The summed E-state index contributed by atoms with van der Waals surface area (Å²) >= 11 is 0.